The molecule has 1 N–H and O–H groups in total. The second-order valence-electron chi connectivity index (χ2n) is 3.57. The Morgan fingerprint density at radius 1 is 1.33 bits per heavy atom. The maximum atomic E-state index is 5.48. The smallest absolute Gasteiger partial charge is 0.0639 e. The zero-order valence-corrected chi connectivity index (χ0v) is 10.1. The number of halogens is 1. The molecule has 2 nitrogen and oxygen atoms in total. The highest BCUT2D eigenvalue weighted by atomic mass is 79.9. The monoisotopic (exact) mass is 267 g/mol. The van der Waals surface area contributed by atoms with Gasteiger partial charge < -0.3 is 10.1 Å². The van der Waals surface area contributed by atoms with E-state index in [-0.39, 0.29) is 0 Å². The van der Waals surface area contributed by atoms with Crippen molar-refractivity contribution in [1.82, 2.24) is 5.32 Å². The third-order valence-corrected chi connectivity index (χ3v) is 2.99. The van der Waals surface area contributed by atoms with E-state index in [4.69, 9.17) is 4.74 Å². The predicted molar refractivity (Wildman–Crippen MR) is 65.7 cm³/mol. The van der Waals surface area contributed by atoms with Gasteiger partial charge in [0.25, 0.3) is 0 Å². The minimum Gasteiger partial charge on any atom is -0.383 e. The summed E-state index contributed by atoms with van der Waals surface area (Å²) in [4.78, 5) is 0. The van der Waals surface area contributed by atoms with Crippen LogP contribution in [0.3, 0.4) is 0 Å². The standard InChI is InChI=1S/C12H14BrNO/c1-9-12-3-2-11(13)8-10(12)4-6-15-7-5-14-9/h2-3,8,14H,1,4-7H2. The van der Waals surface area contributed by atoms with Gasteiger partial charge in [0.05, 0.1) is 13.2 Å². The van der Waals surface area contributed by atoms with Crippen molar-refractivity contribution in [3.8, 4) is 0 Å². The normalized spacial score (nSPS) is 17.0. The summed E-state index contributed by atoms with van der Waals surface area (Å²) in [6.07, 6.45) is 0.940. The summed E-state index contributed by atoms with van der Waals surface area (Å²) in [6.45, 7) is 6.39. The van der Waals surface area contributed by atoms with Gasteiger partial charge in [-0.1, -0.05) is 28.6 Å². The maximum absolute atomic E-state index is 5.48. The molecule has 1 aliphatic rings. The average molecular weight is 268 g/mol. The summed E-state index contributed by atoms with van der Waals surface area (Å²) in [5.41, 5.74) is 3.47. The van der Waals surface area contributed by atoms with Crippen LogP contribution in [0.4, 0.5) is 0 Å². The predicted octanol–water partition coefficient (Wildman–Crippen LogP) is 2.58. The van der Waals surface area contributed by atoms with Crippen LogP contribution in [0, 0.1) is 0 Å². The average Bonchev–Trinajstić information content (AvgIpc) is 2.30. The van der Waals surface area contributed by atoms with E-state index in [9.17, 15) is 0 Å². The number of hydrogen-bond donors (Lipinski definition) is 1. The lowest BCUT2D eigenvalue weighted by Gasteiger charge is -2.11. The molecule has 0 saturated heterocycles. The Labute approximate surface area is 98.5 Å². The lowest BCUT2D eigenvalue weighted by atomic mass is 10.0. The van der Waals surface area contributed by atoms with Crippen LogP contribution >= 0.6 is 15.9 Å². The molecule has 1 heterocycles. The molecule has 0 saturated carbocycles. The first kappa shape index (κ1) is 10.7. The van der Waals surface area contributed by atoms with Crippen molar-refractivity contribution in [2.45, 2.75) is 6.42 Å². The highest BCUT2D eigenvalue weighted by Gasteiger charge is 2.08. The molecule has 1 aromatic carbocycles. The number of fused-ring (bicyclic) bond motifs is 1. The second kappa shape index (κ2) is 4.81. The first-order valence-electron chi connectivity index (χ1n) is 5.07. The molecule has 0 radical (unpaired) electrons. The van der Waals surface area contributed by atoms with Gasteiger partial charge in [-0.25, -0.2) is 0 Å². The van der Waals surface area contributed by atoms with E-state index in [1.165, 1.54) is 11.1 Å². The number of nitrogens with one attached hydrogen (secondary N) is 1. The molecule has 0 atom stereocenters. The molecular weight excluding hydrogens is 254 g/mol. The van der Waals surface area contributed by atoms with E-state index in [1.54, 1.807) is 0 Å². The summed E-state index contributed by atoms with van der Waals surface area (Å²) in [6, 6.07) is 6.28. The Hall–Kier alpha value is -0.800. The number of rotatable bonds is 0. The second-order valence-corrected chi connectivity index (χ2v) is 4.48. The Morgan fingerprint density at radius 2 is 2.20 bits per heavy atom. The van der Waals surface area contributed by atoms with Crippen molar-refractivity contribution >= 4 is 21.6 Å². The van der Waals surface area contributed by atoms with Gasteiger partial charge in [-0.05, 0) is 24.1 Å². The van der Waals surface area contributed by atoms with Crippen molar-refractivity contribution in [3.05, 3.63) is 40.4 Å². The molecule has 0 aliphatic carbocycles. The lowest BCUT2D eigenvalue weighted by Crippen LogP contribution is -2.16. The van der Waals surface area contributed by atoms with Crippen molar-refractivity contribution in [2.75, 3.05) is 19.8 Å². The molecule has 0 aromatic heterocycles. The van der Waals surface area contributed by atoms with Gasteiger partial charge >= 0.3 is 0 Å². The first-order valence-corrected chi connectivity index (χ1v) is 5.86. The zero-order valence-electron chi connectivity index (χ0n) is 8.55. The van der Waals surface area contributed by atoms with E-state index in [1.807, 2.05) is 6.07 Å². The topological polar surface area (TPSA) is 21.3 Å². The van der Waals surface area contributed by atoms with Crippen LogP contribution < -0.4 is 5.32 Å². The highest BCUT2D eigenvalue weighted by molar-refractivity contribution is 9.10. The molecule has 1 aromatic rings. The van der Waals surface area contributed by atoms with Crippen molar-refractivity contribution in [2.24, 2.45) is 0 Å². The molecule has 2 rings (SSSR count). The van der Waals surface area contributed by atoms with Crippen molar-refractivity contribution in [1.29, 1.82) is 0 Å². The summed E-state index contributed by atoms with van der Waals surface area (Å²) >= 11 is 3.48. The van der Waals surface area contributed by atoms with Crippen LogP contribution in [0.25, 0.3) is 5.70 Å². The van der Waals surface area contributed by atoms with Crippen LogP contribution in [-0.2, 0) is 11.2 Å². The minimum atomic E-state index is 0.744. The van der Waals surface area contributed by atoms with Gasteiger partial charge in [-0.2, -0.15) is 0 Å². The van der Waals surface area contributed by atoms with Gasteiger partial charge in [0.1, 0.15) is 0 Å². The Balaban J connectivity index is 2.35. The van der Waals surface area contributed by atoms with Crippen LogP contribution in [0.1, 0.15) is 11.1 Å². The molecular formula is C12H14BrNO. The quantitative estimate of drug-likeness (QED) is 0.780. The van der Waals surface area contributed by atoms with E-state index < -0.39 is 0 Å². The molecule has 80 valence electrons. The summed E-state index contributed by atoms with van der Waals surface area (Å²) in [5, 5.41) is 3.27. The molecule has 0 unspecified atom stereocenters. The van der Waals surface area contributed by atoms with Gasteiger partial charge in [-0.15, -0.1) is 0 Å². The molecule has 0 spiro atoms. The lowest BCUT2D eigenvalue weighted by molar-refractivity contribution is 0.142. The Bertz CT molecular complexity index is 376. The SMILES string of the molecule is C=C1NCCOCCc2cc(Br)ccc21. The Kier molecular flexibility index (Phi) is 3.44. The number of hydrogen-bond acceptors (Lipinski definition) is 2. The zero-order chi connectivity index (χ0) is 10.7. The molecule has 0 fully saturated rings. The maximum Gasteiger partial charge on any atom is 0.0639 e. The fourth-order valence-electron chi connectivity index (χ4n) is 1.72. The van der Waals surface area contributed by atoms with E-state index in [2.05, 4.69) is 40.0 Å². The summed E-state index contributed by atoms with van der Waals surface area (Å²) in [5.74, 6) is 0. The third-order valence-electron chi connectivity index (χ3n) is 2.49. The molecule has 0 bridgehead atoms. The fourth-order valence-corrected chi connectivity index (χ4v) is 2.13. The highest BCUT2D eigenvalue weighted by Crippen LogP contribution is 2.22. The summed E-state index contributed by atoms with van der Waals surface area (Å²) in [7, 11) is 0. The first-order chi connectivity index (χ1) is 7.27. The van der Waals surface area contributed by atoms with Crippen LogP contribution in [0.15, 0.2) is 29.3 Å². The Morgan fingerprint density at radius 3 is 3.07 bits per heavy atom. The minimum absolute atomic E-state index is 0.744. The third kappa shape index (κ3) is 2.61. The van der Waals surface area contributed by atoms with Gasteiger partial charge in [-0.3, -0.25) is 0 Å². The molecule has 3 heteroatoms. The molecule has 1 aliphatic heterocycles. The van der Waals surface area contributed by atoms with E-state index in [0.717, 1.165) is 36.3 Å². The fraction of sp³-hybridized carbons (Fsp3) is 0.333. The van der Waals surface area contributed by atoms with Gasteiger partial charge in [0, 0.05) is 22.3 Å². The van der Waals surface area contributed by atoms with Crippen molar-refractivity contribution < 1.29 is 4.74 Å². The molecule has 15 heavy (non-hydrogen) atoms. The summed E-state index contributed by atoms with van der Waals surface area (Å²) < 4.78 is 6.59. The van der Waals surface area contributed by atoms with E-state index in [0.29, 0.717) is 0 Å². The number of ether oxygens (including phenoxy) is 1. The van der Waals surface area contributed by atoms with Crippen LogP contribution in [0.5, 0.6) is 0 Å². The van der Waals surface area contributed by atoms with Crippen LogP contribution in [0.2, 0.25) is 0 Å². The van der Waals surface area contributed by atoms with Crippen molar-refractivity contribution in [3.63, 3.8) is 0 Å². The van der Waals surface area contributed by atoms with E-state index >= 15 is 0 Å². The number of benzene rings is 1. The van der Waals surface area contributed by atoms with Gasteiger partial charge in [0.15, 0.2) is 0 Å². The largest absolute Gasteiger partial charge is 0.383 e. The molecule has 0 amide bonds. The van der Waals surface area contributed by atoms with Gasteiger partial charge in [0.2, 0.25) is 0 Å². The van der Waals surface area contributed by atoms with Crippen LogP contribution in [-0.4, -0.2) is 19.8 Å².